The van der Waals surface area contributed by atoms with Crippen LogP contribution in [0.5, 0.6) is 0 Å². The van der Waals surface area contributed by atoms with Gasteiger partial charge in [0, 0.05) is 12.5 Å². The summed E-state index contributed by atoms with van der Waals surface area (Å²) < 4.78 is 5.27. The molecular weight excluding hydrogens is 316 g/mol. The van der Waals surface area contributed by atoms with Crippen LogP contribution in [0.2, 0.25) is 0 Å². The first-order valence-electron chi connectivity index (χ1n) is 8.44. The third-order valence-corrected chi connectivity index (χ3v) is 4.56. The molecule has 1 saturated heterocycles. The molecule has 25 heavy (non-hydrogen) atoms. The Bertz CT molecular complexity index is 673. The van der Waals surface area contributed by atoms with Crippen LogP contribution in [0.25, 0.3) is 0 Å². The van der Waals surface area contributed by atoms with E-state index in [9.17, 15) is 9.59 Å². The summed E-state index contributed by atoms with van der Waals surface area (Å²) >= 11 is 0. The van der Waals surface area contributed by atoms with Crippen molar-refractivity contribution in [2.75, 3.05) is 13.2 Å². The van der Waals surface area contributed by atoms with Crippen molar-refractivity contribution in [3.63, 3.8) is 0 Å². The van der Waals surface area contributed by atoms with Gasteiger partial charge in [0.05, 0.1) is 12.5 Å². The summed E-state index contributed by atoms with van der Waals surface area (Å²) in [5, 5.41) is 2.86. The van der Waals surface area contributed by atoms with Gasteiger partial charge in [-0.3, -0.25) is 9.59 Å². The zero-order valence-electron chi connectivity index (χ0n) is 13.9. The van der Waals surface area contributed by atoms with Crippen LogP contribution >= 0.6 is 0 Å². The first-order chi connectivity index (χ1) is 12.2. The lowest BCUT2D eigenvalue weighted by Gasteiger charge is -2.27. The van der Waals surface area contributed by atoms with Crippen molar-refractivity contribution in [1.29, 1.82) is 0 Å². The van der Waals surface area contributed by atoms with E-state index in [1.807, 2.05) is 60.7 Å². The molecule has 2 amide bonds. The normalized spacial score (nSPS) is 18.0. The predicted molar refractivity (Wildman–Crippen MR) is 94.8 cm³/mol. The molecule has 0 bridgehead atoms. The maximum absolute atomic E-state index is 12.5. The van der Waals surface area contributed by atoms with Gasteiger partial charge in [0.1, 0.15) is 6.04 Å². The van der Waals surface area contributed by atoms with Gasteiger partial charge in [-0.2, -0.15) is 0 Å². The maximum Gasteiger partial charge on any atom is 0.240 e. The highest BCUT2D eigenvalue weighted by atomic mass is 16.5. The van der Waals surface area contributed by atoms with E-state index >= 15 is 0 Å². The second-order valence-electron chi connectivity index (χ2n) is 6.25. The topological polar surface area (TPSA) is 81.4 Å². The number of primary amides is 1. The smallest absolute Gasteiger partial charge is 0.240 e. The van der Waals surface area contributed by atoms with E-state index in [0.717, 1.165) is 11.1 Å². The highest BCUT2D eigenvalue weighted by Gasteiger charge is 2.33. The minimum Gasteiger partial charge on any atom is -0.381 e. The monoisotopic (exact) mass is 338 g/mol. The average molecular weight is 338 g/mol. The third-order valence-electron chi connectivity index (χ3n) is 4.56. The van der Waals surface area contributed by atoms with E-state index in [1.165, 1.54) is 0 Å². The van der Waals surface area contributed by atoms with Crippen molar-refractivity contribution in [1.82, 2.24) is 5.32 Å². The quantitative estimate of drug-likeness (QED) is 0.843. The van der Waals surface area contributed by atoms with Crippen LogP contribution in [-0.4, -0.2) is 31.1 Å². The number of hydrogen-bond acceptors (Lipinski definition) is 3. The molecule has 3 N–H and O–H groups in total. The molecule has 130 valence electrons. The largest absolute Gasteiger partial charge is 0.381 e. The highest BCUT2D eigenvalue weighted by molar-refractivity contribution is 5.89. The summed E-state index contributed by atoms with van der Waals surface area (Å²) in [7, 11) is 0. The predicted octanol–water partition coefficient (Wildman–Crippen LogP) is 1.83. The van der Waals surface area contributed by atoms with Gasteiger partial charge in [0.2, 0.25) is 11.8 Å². The van der Waals surface area contributed by atoms with Crippen LogP contribution in [0, 0.1) is 5.92 Å². The summed E-state index contributed by atoms with van der Waals surface area (Å²) in [6.45, 7) is 0.957. The number of amides is 2. The molecule has 2 aromatic carbocycles. The van der Waals surface area contributed by atoms with E-state index < -0.39 is 11.9 Å². The molecule has 0 aromatic heterocycles. The number of nitrogens with two attached hydrogens (primary N) is 1. The van der Waals surface area contributed by atoms with Gasteiger partial charge in [-0.25, -0.2) is 0 Å². The van der Waals surface area contributed by atoms with E-state index in [1.54, 1.807) is 0 Å². The second-order valence-corrected chi connectivity index (χ2v) is 6.25. The third kappa shape index (κ3) is 4.06. The van der Waals surface area contributed by atoms with Crippen molar-refractivity contribution in [3.05, 3.63) is 71.8 Å². The van der Waals surface area contributed by atoms with Gasteiger partial charge in [-0.05, 0) is 17.5 Å². The van der Waals surface area contributed by atoms with Crippen LogP contribution in [0.4, 0.5) is 0 Å². The Labute approximate surface area is 147 Å². The lowest BCUT2D eigenvalue weighted by atomic mass is 9.84. The number of hydrogen-bond donors (Lipinski definition) is 2. The summed E-state index contributed by atoms with van der Waals surface area (Å²) in [6, 6.07) is 18.4. The minimum atomic E-state index is -0.821. The minimum absolute atomic E-state index is 0.182. The number of carbonyl (C=O) groups excluding carboxylic acids is 2. The Morgan fingerprint density at radius 2 is 1.56 bits per heavy atom. The van der Waals surface area contributed by atoms with Crippen LogP contribution in [0.3, 0.4) is 0 Å². The van der Waals surface area contributed by atoms with Crippen molar-refractivity contribution < 1.29 is 14.3 Å². The molecule has 0 saturated carbocycles. The molecule has 5 heteroatoms. The number of ether oxygens (including phenoxy) is 1. The number of benzene rings is 2. The van der Waals surface area contributed by atoms with E-state index in [-0.39, 0.29) is 17.7 Å². The van der Waals surface area contributed by atoms with Crippen LogP contribution in [0.15, 0.2) is 60.7 Å². The molecule has 1 fully saturated rings. The molecule has 3 rings (SSSR count). The average Bonchev–Trinajstić information content (AvgIpc) is 3.17. The Kier molecular flexibility index (Phi) is 5.46. The van der Waals surface area contributed by atoms with Crippen LogP contribution in [-0.2, 0) is 14.3 Å². The summed E-state index contributed by atoms with van der Waals surface area (Å²) in [5.41, 5.74) is 7.54. The zero-order valence-corrected chi connectivity index (χ0v) is 13.9. The lowest BCUT2D eigenvalue weighted by Crippen LogP contribution is -2.50. The van der Waals surface area contributed by atoms with Gasteiger partial charge in [0.25, 0.3) is 0 Å². The zero-order chi connectivity index (χ0) is 17.6. The van der Waals surface area contributed by atoms with E-state index in [2.05, 4.69) is 5.32 Å². The lowest BCUT2D eigenvalue weighted by molar-refractivity contribution is -0.130. The van der Waals surface area contributed by atoms with Crippen molar-refractivity contribution >= 4 is 11.8 Å². The Morgan fingerprint density at radius 1 is 1.00 bits per heavy atom. The van der Waals surface area contributed by atoms with Gasteiger partial charge >= 0.3 is 0 Å². The second kappa shape index (κ2) is 7.94. The number of carbonyl (C=O) groups is 2. The fraction of sp³-hybridized carbons (Fsp3) is 0.300. The Balaban J connectivity index is 1.93. The first kappa shape index (κ1) is 17.2. The summed E-state index contributed by atoms with van der Waals surface area (Å²) in [4.78, 5) is 24.7. The van der Waals surface area contributed by atoms with E-state index in [0.29, 0.717) is 19.6 Å². The standard InChI is InChI=1S/C20H22N2O3/c21-19(23)18(22-20(24)16-11-12-25-13-16)17(14-7-3-1-4-8-14)15-9-5-2-6-10-15/h1-10,16-18H,11-13H2,(H2,21,23)(H,22,24)/t16-,18+/m1/s1. The summed E-state index contributed by atoms with van der Waals surface area (Å²) in [6.07, 6.45) is 0.665. The maximum atomic E-state index is 12.5. The van der Waals surface area contributed by atoms with Crippen molar-refractivity contribution in [3.8, 4) is 0 Å². The molecule has 0 aliphatic carbocycles. The van der Waals surface area contributed by atoms with Crippen molar-refractivity contribution in [2.24, 2.45) is 11.7 Å². The molecule has 5 nitrogen and oxygen atoms in total. The highest BCUT2D eigenvalue weighted by Crippen LogP contribution is 2.28. The SMILES string of the molecule is NC(=O)[C@@H](NC(=O)[C@@H]1CCOC1)C(c1ccccc1)c1ccccc1. The molecule has 0 spiro atoms. The molecule has 1 aliphatic rings. The molecule has 0 unspecified atom stereocenters. The molecule has 2 atom stereocenters. The van der Waals surface area contributed by atoms with Gasteiger partial charge in [-0.1, -0.05) is 60.7 Å². The Morgan fingerprint density at radius 3 is 2.00 bits per heavy atom. The molecular formula is C20H22N2O3. The molecule has 1 aliphatic heterocycles. The molecule has 2 aromatic rings. The van der Waals surface area contributed by atoms with Crippen LogP contribution < -0.4 is 11.1 Å². The fourth-order valence-corrected chi connectivity index (χ4v) is 3.23. The summed E-state index contributed by atoms with van der Waals surface area (Å²) in [5.74, 6) is -1.30. The number of rotatable bonds is 6. The van der Waals surface area contributed by atoms with Crippen molar-refractivity contribution in [2.45, 2.75) is 18.4 Å². The Hall–Kier alpha value is -2.66. The van der Waals surface area contributed by atoms with Gasteiger partial charge < -0.3 is 15.8 Å². The molecule has 0 radical (unpaired) electrons. The van der Waals surface area contributed by atoms with Crippen LogP contribution in [0.1, 0.15) is 23.5 Å². The first-order valence-corrected chi connectivity index (χ1v) is 8.44. The number of nitrogens with one attached hydrogen (secondary N) is 1. The van der Waals surface area contributed by atoms with Gasteiger partial charge in [0.15, 0.2) is 0 Å². The van der Waals surface area contributed by atoms with Gasteiger partial charge in [-0.15, -0.1) is 0 Å². The fourth-order valence-electron chi connectivity index (χ4n) is 3.23. The molecule has 1 heterocycles. The van der Waals surface area contributed by atoms with E-state index in [4.69, 9.17) is 10.5 Å².